The highest BCUT2D eigenvalue weighted by atomic mass is 32.2. The number of nitrogens with one attached hydrogen (secondary N) is 2. The van der Waals surface area contributed by atoms with E-state index in [1.165, 1.54) is 30.0 Å². The minimum absolute atomic E-state index is 0.00990. The van der Waals surface area contributed by atoms with Crippen LogP contribution in [0.15, 0.2) is 35.2 Å². The Labute approximate surface area is 204 Å². The number of carbonyl (C=O) groups is 2. The number of benzene rings is 2. The molecule has 10 heteroatoms. The van der Waals surface area contributed by atoms with E-state index < -0.39 is 29.2 Å². The molecule has 2 heterocycles. The van der Waals surface area contributed by atoms with Gasteiger partial charge in [-0.1, -0.05) is 0 Å². The van der Waals surface area contributed by atoms with Crippen molar-refractivity contribution in [1.82, 2.24) is 10.2 Å². The van der Waals surface area contributed by atoms with Crippen LogP contribution in [0, 0.1) is 34.6 Å². The van der Waals surface area contributed by atoms with Gasteiger partial charge in [0.05, 0.1) is 0 Å². The third-order valence-electron chi connectivity index (χ3n) is 7.12. The van der Waals surface area contributed by atoms with Crippen LogP contribution in [-0.4, -0.2) is 48.1 Å². The fraction of sp³-hybridized carbons (Fsp3) is 0.440. The molecule has 2 aromatic carbocycles. The lowest BCUT2D eigenvalue weighted by Crippen LogP contribution is -2.72. The van der Waals surface area contributed by atoms with E-state index in [1.54, 1.807) is 0 Å². The molecule has 0 atom stereocenters. The Morgan fingerprint density at radius 1 is 0.943 bits per heavy atom. The van der Waals surface area contributed by atoms with Crippen LogP contribution in [0.2, 0.25) is 0 Å². The molecule has 0 unspecified atom stereocenters. The minimum Gasteiger partial charge on any atom is -0.341 e. The fourth-order valence-corrected chi connectivity index (χ4v) is 6.30. The predicted octanol–water partition coefficient (Wildman–Crippen LogP) is 4.58. The second-order valence-corrected chi connectivity index (χ2v) is 11.1. The molecule has 0 aromatic heterocycles. The summed E-state index contributed by atoms with van der Waals surface area (Å²) >= 11 is 1.33. The molecular weight excluding hydrogens is 482 g/mol. The molecule has 2 saturated heterocycles. The van der Waals surface area contributed by atoms with Gasteiger partial charge in [-0.3, -0.25) is 9.59 Å². The Kier molecular flexibility index (Phi) is 6.52. The van der Waals surface area contributed by atoms with Crippen molar-refractivity contribution in [2.45, 2.75) is 35.8 Å². The first kappa shape index (κ1) is 24.1. The van der Waals surface area contributed by atoms with Gasteiger partial charge >= 0.3 is 0 Å². The number of hydrogen-bond acceptors (Lipinski definition) is 4. The average Bonchev–Trinajstić information content (AvgIpc) is 2.77. The van der Waals surface area contributed by atoms with Crippen LogP contribution in [0.25, 0.3) is 0 Å². The molecule has 5 rings (SSSR count). The monoisotopic (exact) mass is 507 g/mol. The van der Waals surface area contributed by atoms with E-state index in [0.29, 0.717) is 22.4 Å². The highest BCUT2D eigenvalue weighted by molar-refractivity contribution is 8.00. The summed E-state index contributed by atoms with van der Waals surface area (Å²) in [5, 5.41) is 5.69. The van der Waals surface area contributed by atoms with E-state index in [9.17, 15) is 27.2 Å². The molecule has 2 N–H and O–H groups in total. The van der Waals surface area contributed by atoms with E-state index in [0.717, 1.165) is 51.9 Å². The fourth-order valence-electron chi connectivity index (χ4n) is 5.05. The summed E-state index contributed by atoms with van der Waals surface area (Å²) < 4.78 is 54.5. The van der Waals surface area contributed by atoms with Crippen LogP contribution >= 0.6 is 11.8 Å². The highest BCUT2D eigenvalue weighted by Crippen LogP contribution is 2.40. The van der Waals surface area contributed by atoms with Crippen LogP contribution < -0.4 is 10.6 Å². The predicted molar refractivity (Wildman–Crippen MR) is 124 cm³/mol. The van der Waals surface area contributed by atoms with Gasteiger partial charge in [-0.15, -0.1) is 11.8 Å². The van der Waals surface area contributed by atoms with Crippen molar-refractivity contribution < 1.29 is 27.2 Å². The summed E-state index contributed by atoms with van der Waals surface area (Å²) in [6, 6.07) is 5.21. The Morgan fingerprint density at radius 3 is 2.20 bits per heavy atom. The maximum atomic E-state index is 14.5. The van der Waals surface area contributed by atoms with Crippen molar-refractivity contribution in [2.24, 2.45) is 11.3 Å². The van der Waals surface area contributed by atoms with E-state index in [4.69, 9.17) is 0 Å². The van der Waals surface area contributed by atoms with Crippen molar-refractivity contribution in [3.63, 3.8) is 0 Å². The lowest BCUT2D eigenvalue weighted by atomic mass is 9.73. The van der Waals surface area contributed by atoms with E-state index in [1.807, 2.05) is 4.90 Å². The number of rotatable bonds is 5. The van der Waals surface area contributed by atoms with Crippen LogP contribution in [0.3, 0.4) is 0 Å². The first-order valence-electron chi connectivity index (χ1n) is 11.6. The third-order valence-corrected chi connectivity index (χ3v) is 8.49. The van der Waals surface area contributed by atoms with Gasteiger partial charge in [-0.25, -0.2) is 17.6 Å². The molecular formula is C25H25F4N3O2S. The molecule has 3 aliphatic rings. The average molecular weight is 508 g/mol. The van der Waals surface area contributed by atoms with Crippen LogP contribution in [0.1, 0.15) is 36.0 Å². The standard InChI is InChI=1S/C25H25F4N3O2S/c26-18-6-3-15(23(33)31-16-8-19(27)22(29)20(28)9-16)7-21(18)35-17-4-1-14(2-5-17)24(34)32-12-25(13-32)10-30-11-25/h3,6-9,14,17,30H,1-2,4-5,10-13H2,(H,31,33). The number of nitrogens with zero attached hydrogens (tertiary/aromatic N) is 1. The summed E-state index contributed by atoms with van der Waals surface area (Å²) in [4.78, 5) is 27.6. The molecule has 3 fully saturated rings. The summed E-state index contributed by atoms with van der Waals surface area (Å²) in [6.07, 6.45) is 3.04. The summed E-state index contributed by atoms with van der Waals surface area (Å²) in [5.41, 5.74) is 0.172. The zero-order valence-electron chi connectivity index (χ0n) is 18.9. The van der Waals surface area contributed by atoms with Crippen molar-refractivity contribution >= 4 is 29.3 Å². The van der Waals surface area contributed by atoms with Gasteiger partial charge < -0.3 is 15.5 Å². The first-order valence-corrected chi connectivity index (χ1v) is 12.5. The molecule has 2 amide bonds. The van der Waals surface area contributed by atoms with Gasteiger partial charge in [-0.2, -0.15) is 0 Å². The highest BCUT2D eigenvalue weighted by Gasteiger charge is 2.50. The van der Waals surface area contributed by atoms with Crippen molar-refractivity contribution in [2.75, 3.05) is 31.5 Å². The molecule has 1 aliphatic carbocycles. The molecule has 35 heavy (non-hydrogen) atoms. The number of halogens is 4. The minimum atomic E-state index is -1.62. The van der Waals surface area contributed by atoms with Gasteiger partial charge in [0.25, 0.3) is 5.91 Å². The second-order valence-electron chi connectivity index (χ2n) is 9.74. The number of anilines is 1. The second kappa shape index (κ2) is 9.46. The lowest BCUT2D eigenvalue weighted by Gasteiger charge is -2.56. The first-order chi connectivity index (χ1) is 16.7. The summed E-state index contributed by atoms with van der Waals surface area (Å²) in [5.74, 6) is -5.38. The largest absolute Gasteiger partial charge is 0.341 e. The van der Waals surface area contributed by atoms with E-state index in [-0.39, 0.29) is 28.3 Å². The molecule has 5 nitrogen and oxygen atoms in total. The Hall–Kier alpha value is -2.59. The van der Waals surface area contributed by atoms with Crippen molar-refractivity contribution in [3.8, 4) is 0 Å². The molecule has 1 spiro atoms. The Balaban J connectivity index is 1.17. The van der Waals surface area contributed by atoms with Gasteiger partial charge in [-0.05, 0) is 43.9 Å². The van der Waals surface area contributed by atoms with Gasteiger partial charge in [0.1, 0.15) is 5.82 Å². The molecule has 0 bridgehead atoms. The molecule has 2 aromatic rings. The quantitative estimate of drug-likeness (QED) is 0.460. The summed E-state index contributed by atoms with van der Waals surface area (Å²) in [6.45, 7) is 3.65. The SMILES string of the molecule is O=C(Nc1cc(F)c(F)c(F)c1)c1ccc(F)c(SC2CCC(C(=O)N3CC4(CNC4)C3)CC2)c1. The normalized spacial score (nSPS) is 22.9. The van der Waals surface area contributed by atoms with Crippen LogP contribution in [0.5, 0.6) is 0 Å². The van der Waals surface area contributed by atoms with E-state index in [2.05, 4.69) is 10.6 Å². The van der Waals surface area contributed by atoms with Crippen molar-refractivity contribution in [1.29, 1.82) is 0 Å². The zero-order valence-corrected chi connectivity index (χ0v) is 19.7. The topological polar surface area (TPSA) is 61.4 Å². The lowest BCUT2D eigenvalue weighted by molar-refractivity contribution is -0.152. The molecule has 2 aliphatic heterocycles. The number of amides is 2. The molecule has 1 saturated carbocycles. The molecule has 186 valence electrons. The Bertz CT molecular complexity index is 1130. The number of hydrogen-bond donors (Lipinski definition) is 2. The van der Waals surface area contributed by atoms with Crippen LogP contribution in [0.4, 0.5) is 23.2 Å². The van der Waals surface area contributed by atoms with Gasteiger partial charge in [0, 0.05) is 71.0 Å². The maximum absolute atomic E-state index is 14.5. The number of thioether (sulfide) groups is 1. The third kappa shape index (κ3) is 4.91. The van der Waals surface area contributed by atoms with Crippen molar-refractivity contribution in [3.05, 3.63) is 59.2 Å². The van der Waals surface area contributed by atoms with Gasteiger partial charge in [0.15, 0.2) is 17.5 Å². The summed E-state index contributed by atoms with van der Waals surface area (Å²) in [7, 11) is 0. The smallest absolute Gasteiger partial charge is 0.255 e. The molecule has 0 radical (unpaired) electrons. The zero-order chi connectivity index (χ0) is 24.7. The Morgan fingerprint density at radius 2 is 1.60 bits per heavy atom. The van der Waals surface area contributed by atoms with E-state index >= 15 is 0 Å². The van der Waals surface area contributed by atoms with Gasteiger partial charge in [0.2, 0.25) is 5.91 Å². The number of carbonyl (C=O) groups excluding carboxylic acids is 2. The number of likely N-dealkylation sites (tertiary alicyclic amines) is 1. The maximum Gasteiger partial charge on any atom is 0.255 e. The van der Waals surface area contributed by atoms with Crippen LogP contribution in [-0.2, 0) is 4.79 Å².